The number of carbonyl (C=O) groups excluding carboxylic acids is 1. The van der Waals surface area contributed by atoms with Crippen LogP contribution in [0.2, 0.25) is 0 Å². The molecule has 0 aliphatic heterocycles. The number of urea groups is 1. The Morgan fingerprint density at radius 1 is 0.929 bits per heavy atom. The number of benzene rings is 3. The van der Waals surface area contributed by atoms with Crippen LogP contribution in [0.3, 0.4) is 0 Å². The minimum absolute atomic E-state index is 0.0752. The number of hydrogen-bond donors (Lipinski definition) is 2. The molecule has 0 bridgehead atoms. The van der Waals surface area contributed by atoms with Gasteiger partial charge in [0.15, 0.2) is 11.6 Å². The fraction of sp³-hybridized carbons (Fsp3) is 0.321. The Balaban J connectivity index is 1.93. The van der Waals surface area contributed by atoms with Crippen LogP contribution < -0.4 is 20.1 Å². The monoisotopic (exact) mass is 606 g/mol. The number of amides is 2. The van der Waals surface area contributed by atoms with E-state index in [-0.39, 0.29) is 17.7 Å². The molecule has 226 valence electrons. The van der Waals surface area contributed by atoms with Crippen LogP contribution in [0.25, 0.3) is 0 Å². The highest BCUT2D eigenvalue weighted by molar-refractivity contribution is 5.78. The van der Waals surface area contributed by atoms with Gasteiger partial charge >= 0.3 is 24.7 Å². The summed E-state index contributed by atoms with van der Waals surface area (Å²) in [5.74, 6) is -3.58. The summed E-state index contributed by atoms with van der Waals surface area (Å²) in [6.45, 7) is 0. The van der Waals surface area contributed by atoms with Crippen molar-refractivity contribution in [1.29, 1.82) is 0 Å². The van der Waals surface area contributed by atoms with Gasteiger partial charge in [-0.2, -0.15) is 30.7 Å². The number of carbonyl (C=O) groups is 1. The molecule has 3 aromatic carbocycles. The summed E-state index contributed by atoms with van der Waals surface area (Å²) >= 11 is 0. The van der Waals surface area contributed by atoms with Gasteiger partial charge in [0.1, 0.15) is 17.1 Å². The SMILES string of the molecule is COc1cc([C@@](Cc2ccccc2)(NC(=O)NC2(C(F)(F)F)CC2)c2cc(F)cc(OC(F)(F)C(F)F)c2)ccc1F. The molecule has 14 heteroatoms. The lowest BCUT2D eigenvalue weighted by atomic mass is 9.77. The van der Waals surface area contributed by atoms with E-state index in [2.05, 4.69) is 10.1 Å². The van der Waals surface area contributed by atoms with E-state index in [4.69, 9.17) is 4.74 Å². The fourth-order valence-corrected chi connectivity index (χ4v) is 4.50. The predicted molar refractivity (Wildman–Crippen MR) is 132 cm³/mol. The summed E-state index contributed by atoms with van der Waals surface area (Å²) in [7, 11) is 1.11. The maximum absolute atomic E-state index is 14.9. The zero-order valence-corrected chi connectivity index (χ0v) is 21.7. The first-order chi connectivity index (χ1) is 19.6. The number of alkyl halides is 7. The quantitative estimate of drug-likeness (QED) is 0.243. The molecular formula is C28H23F9N2O3. The van der Waals surface area contributed by atoms with E-state index in [1.54, 1.807) is 30.3 Å². The van der Waals surface area contributed by atoms with Crippen molar-refractivity contribution < 1.29 is 53.8 Å². The van der Waals surface area contributed by atoms with Crippen molar-refractivity contribution in [2.75, 3.05) is 7.11 Å². The molecule has 1 fully saturated rings. The minimum Gasteiger partial charge on any atom is -0.494 e. The molecular weight excluding hydrogens is 583 g/mol. The van der Waals surface area contributed by atoms with Gasteiger partial charge in [-0.15, -0.1) is 0 Å². The average molecular weight is 606 g/mol. The van der Waals surface area contributed by atoms with Crippen molar-refractivity contribution in [2.45, 2.75) is 49.1 Å². The lowest BCUT2D eigenvalue weighted by Gasteiger charge is -2.37. The van der Waals surface area contributed by atoms with E-state index < -0.39 is 71.6 Å². The van der Waals surface area contributed by atoms with Crippen molar-refractivity contribution in [3.05, 3.63) is 95.1 Å². The summed E-state index contributed by atoms with van der Waals surface area (Å²) in [4.78, 5) is 13.2. The van der Waals surface area contributed by atoms with E-state index in [1.807, 2.05) is 5.32 Å². The first kappa shape index (κ1) is 30.8. The summed E-state index contributed by atoms with van der Waals surface area (Å²) in [6.07, 6.45) is -15.3. The number of nitrogens with one attached hydrogen (secondary N) is 2. The third kappa shape index (κ3) is 6.36. The molecule has 5 nitrogen and oxygen atoms in total. The predicted octanol–water partition coefficient (Wildman–Crippen LogP) is 7.09. The van der Waals surface area contributed by atoms with Crippen molar-refractivity contribution in [3.8, 4) is 11.5 Å². The van der Waals surface area contributed by atoms with Crippen LogP contribution in [0.15, 0.2) is 66.7 Å². The molecule has 0 radical (unpaired) electrons. The number of hydrogen-bond acceptors (Lipinski definition) is 3. The third-order valence-corrected chi connectivity index (χ3v) is 6.80. The molecule has 2 amide bonds. The van der Waals surface area contributed by atoms with Crippen molar-refractivity contribution in [2.24, 2.45) is 0 Å². The number of ether oxygens (including phenoxy) is 2. The van der Waals surface area contributed by atoms with E-state index in [0.717, 1.165) is 37.4 Å². The number of methoxy groups -OCH3 is 1. The van der Waals surface area contributed by atoms with E-state index in [1.165, 1.54) is 0 Å². The first-order valence-electron chi connectivity index (χ1n) is 12.3. The standard InChI is InChI=1S/C28H23F9N2O3/c1-41-22-13-17(7-8-21(22)30)26(15-16-5-3-2-4-6-16,39-24(40)38-25(9-10-25)28(35,36)37)18-11-19(29)14-20(12-18)42-27(33,34)23(31)32/h2-8,11-14,23H,9-10,15H2,1H3,(H2,38,39,40)/t26-/m1/s1. The Hall–Kier alpha value is -4.10. The van der Waals surface area contributed by atoms with E-state index in [9.17, 15) is 44.3 Å². The summed E-state index contributed by atoms with van der Waals surface area (Å²) in [6, 6.07) is 11.5. The van der Waals surface area contributed by atoms with Gasteiger partial charge in [0.05, 0.1) is 12.6 Å². The maximum atomic E-state index is 14.9. The Morgan fingerprint density at radius 2 is 1.60 bits per heavy atom. The molecule has 42 heavy (non-hydrogen) atoms. The molecule has 4 rings (SSSR count). The smallest absolute Gasteiger partial charge is 0.461 e. The lowest BCUT2D eigenvalue weighted by Crippen LogP contribution is -2.57. The molecule has 2 N–H and O–H groups in total. The van der Waals surface area contributed by atoms with Crippen LogP contribution >= 0.6 is 0 Å². The van der Waals surface area contributed by atoms with E-state index in [0.29, 0.717) is 11.6 Å². The third-order valence-electron chi connectivity index (χ3n) is 6.80. The van der Waals surface area contributed by atoms with Gasteiger partial charge < -0.3 is 20.1 Å². The van der Waals surface area contributed by atoms with Crippen LogP contribution in [0.1, 0.15) is 29.5 Å². The zero-order valence-electron chi connectivity index (χ0n) is 21.7. The molecule has 0 spiro atoms. The lowest BCUT2D eigenvalue weighted by molar-refractivity contribution is -0.253. The second-order valence-corrected chi connectivity index (χ2v) is 9.72. The van der Waals surface area contributed by atoms with Crippen molar-refractivity contribution >= 4 is 6.03 Å². The first-order valence-corrected chi connectivity index (χ1v) is 12.3. The van der Waals surface area contributed by atoms with Crippen LogP contribution in [-0.2, 0) is 12.0 Å². The molecule has 1 saturated carbocycles. The molecule has 0 heterocycles. The normalized spacial score (nSPS) is 16.0. The van der Waals surface area contributed by atoms with Crippen LogP contribution in [-0.4, -0.2) is 37.4 Å². The largest absolute Gasteiger partial charge is 0.494 e. The van der Waals surface area contributed by atoms with Crippen LogP contribution in [0.5, 0.6) is 11.5 Å². The molecule has 3 aromatic rings. The minimum atomic E-state index is -5.04. The van der Waals surface area contributed by atoms with Gasteiger partial charge in [-0.25, -0.2) is 13.6 Å². The zero-order chi connectivity index (χ0) is 30.9. The Bertz CT molecular complexity index is 1430. The fourth-order valence-electron chi connectivity index (χ4n) is 4.50. The van der Waals surface area contributed by atoms with Gasteiger partial charge in [0.2, 0.25) is 0 Å². The van der Waals surface area contributed by atoms with Crippen molar-refractivity contribution in [1.82, 2.24) is 10.6 Å². The Labute approximate surface area is 233 Å². The topological polar surface area (TPSA) is 59.6 Å². The Kier molecular flexibility index (Phi) is 8.29. The van der Waals surface area contributed by atoms with Crippen LogP contribution in [0.4, 0.5) is 44.3 Å². The van der Waals surface area contributed by atoms with Gasteiger partial charge in [-0.05, 0) is 53.8 Å². The Morgan fingerprint density at radius 3 is 2.17 bits per heavy atom. The average Bonchev–Trinajstić information content (AvgIpc) is 3.69. The highest BCUT2D eigenvalue weighted by atomic mass is 19.4. The summed E-state index contributed by atoms with van der Waals surface area (Å²) < 4.78 is 133. The maximum Gasteiger partial charge on any atom is 0.461 e. The molecule has 1 aliphatic rings. The molecule has 0 saturated heterocycles. The number of rotatable bonds is 10. The van der Waals surface area contributed by atoms with Gasteiger partial charge in [-0.1, -0.05) is 36.4 Å². The van der Waals surface area contributed by atoms with Crippen LogP contribution in [0, 0.1) is 11.6 Å². The molecule has 1 aliphatic carbocycles. The molecule has 0 aromatic heterocycles. The van der Waals surface area contributed by atoms with Gasteiger partial charge in [0.25, 0.3) is 0 Å². The second kappa shape index (κ2) is 11.3. The van der Waals surface area contributed by atoms with Gasteiger partial charge in [-0.3, -0.25) is 0 Å². The second-order valence-electron chi connectivity index (χ2n) is 9.72. The summed E-state index contributed by atoms with van der Waals surface area (Å²) in [5.41, 5.74) is -4.72. The summed E-state index contributed by atoms with van der Waals surface area (Å²) in [5, 5.41) is 4.29. The number of halogens is 9. The van der Waals surface area contributed by atoms with Crippen molar-refractivity contribution in [3.63, 3.8) is 0 Å². The highest BCUT2D eigenvalue weighted by Crippen LogP contribution is 2.49. The van der Waals surface area contributed by atoms with E-state index >= 15 is 0 Å². The van der Waals surface area contributed by atoms with Gasteiger partial charge in [0, 0.05) is 12.5 Å². The molecule has 0 unspecified atom stereocenters. The highest BCUT2D eigenvalue weighted by Gasteiger charge is 2.64. The molecule has 1 atom stereocenters.